The van der Waals surface area contributed by atoms with E-state index in [9.17, 15) is 4.79 Å². The summed E-state index contributed by atoms with van der Waals surface area (Å²) >= 11 is 7.13. The summed E-state index contributed by atoms with van der Waals surface area (Å²) in [5.74, 6) is 4.63. The van der Waals surface area contributed by atoms with E-state index in [2.05, 4.69) is 10.1 Å². The number of hydrogen-bond donors (Lipinski definition) is 2. The molecule has 0 bridgehead atoms. The number of hydrazine groups is 1. The van der Waals surface area contributed by atoms with E-state index in [0.29, 0.717) is 16.6 Å². The van der Waals surface area contributed by atoms with Crippen LogP contribution in [0.4, 0.5) is 0 Å². The van der Waals surface area contributed by atoms with Crippen molar-refractivity contribution >= 4 is 28.8 Å². The van der Waals surface area contributed by atoms with E-state index in [-0.39, 0.29) is 0 Å². The van der Waals surface area contributed by atoms with E-state index in [1.165, 1.54) is 11.3 Å². The molecule has 90 valence electrons. The van der Waals surface area contributed by atoms with E-state index in [0.717, 1.165) is 11.4 Å². The SMILES string of the molecule is Cc1c(Cl)cnn1Cc1csc(C(=O)NN)n1. The third-order valence-electron chi connectivity index (χ3n) is 2.23. The Labute approximate surface area is 106 Å². The molecule has 17 heavy (non-hydrogen) atoms. The lowest BCUT2D eigenvalue weighted by Gasteiger charge is -2.00. The van der Waals surface area contributed by atoms with Gasteiger partial charge in [0.25, 0.3) is 5.91 Å². The van der Waals surface area contributed by atoms with E-state index in [1.54, 1.807) is 16.3 Å². The predicted molar refractivity (Wildman–Crippen MR) is 64.8 cm³/mol. The van der Waals surface area contributed by atoms with Gasteiger partial charge in [-0.25, -0.2) is 10.8 Å². The van der Waals surface area contributed by atoms with E-state index < -0.39 is 5.91 Å². The summed E-state index contributed by atoms with van der Waals surface area (Å²) in [6.45, 7) is 2.35. The molecule has 0 fully saturated rings. The Bertz CT molecular complexity index is 549. The second kappa shape index (κ2) is 4.82. The Morgan fingerprint density at radius 3 is 3.06 bits per heavy atom. The monoisotopic (exact) mass is 271 g/mol. The standard InChI is InChI=1S/C9H10ClN5OS/c1-5-7(10)2-12-15(5)3-6-4-17-9(13-6)8(16)14-11/h2,4H,3,11H2,1H3,(H,14,16). The number of thiazole rings is 1. The van der Waals surface area contributed by atoms with Gasteiger partial charge in [-0.15, -0.1) is 11.3 Å². The molecule has 0 aliphatic carbocycles. The van der Waals surface area contributed by atoms with Crippen LogP contribution in [0, 0.1) is 6.92 Å². The third-order valence-corrected chi connectivity index (χ3v) is 3.49. The lowest BCUT2D eigenvalue weighted by Crippen LogP contribution is -2.29. The van der Waals surface area contributed by atoms with Gasteiger partial charge in [0.1, 0.15) is 0 Å². The molecule has 0 aliphatic heterocycles. The van der Waals surface area contributed by atoms with Crippen LogP contribution in [0.15, 0.2) is 11.6 Å². The van der Waals surface area contributed by atoms with Crippen molar-refractivity contribution < 1.29 is 4.79 Å². The lowest BCUT2D eigenvalue weighted by molar-refractivity contribution is 0.0953. The van der Waals surface area contributed by atoms with Gasteiger partial charge in [0, 0.05) is 5.38 Å². The Morgan fingerprint density at radius 1 is 1.71 bits per heavy atom. The number of carbonyl (C=O) groups excluding carboxylic acids is 1. The highest BCUT2D eigenvalue weighted by Gasteiger charge is 2.11. The van der Waals surface area contributed by atoms with Crippen LogP contribution in [0.1, 0.15) is 21.2 Å². The zero-order chi connectivity index (χ0) is 12.4. The fraction of sp³-hybridized carbons (Fsp3) is 0.222. The minimum absolute atomic E-state index is 0.332. The Hall–Kier alpha value is -1.44. The predicted octanol–water partition coefficient (Wildman–Crippen LogP) is 0.953. The molecule has 0 radical (unpaired) electrons. The number of amides is 1. The highest BCUT2D eigenvalue weighted by atomic mass is 35.5. The Balaban J connectivity index is 2.17. The summed E-state index contributed by atoms with van der Waals surface area (Å²) in [5.41, 5.74) is 3.65. The summed E-state index contributed by atoms with van der Waals surface area (Å²) in [6.07, 6.45) is 1.58. The largest absolute Gasteiger partial charge is 0.294 e. The van der Waals surface area contributed by atoms with Gasteiger partial charge in [0.05, 0.1) is 29.2 Å². The first-order valence-electron chi connectivity index (χ1n) is 4.75. The molecule has 0 aromatic carbocycles. The summed E-state index contributed by atoms with van der Waals surface area (Å²) in [6, 6.07) is 0. The van der Waals surface area contributed by atoms with E-state index in [4.69, 9.17) is 17.4 Å². The topological polar surface area (TPSA) is 85.8 Å². The number of rotatable bonds is 3. The normalized spacial score (nSPS) is 10.5. The Morgan fingerprint density at radius 2 is 2.47 bits per heavy atom. The van der Waals surface area contributed by atoms with Gasteiger partial charge in [0.15, 0.2) is 5.01 Å². The zero-order valence-corrected chi connectivity index (χ0v) is 10.5. The van der Waals surface area contributed by atoms with Crippen molar-refractivity contribution in [3.63, 3.8) is 0 Å². The van der Waals surface area contributed by atoms with Crippen LogP contribution in [0.25, 0.3) is 0 Å². The van der Waals surface area contributed by atoms with Crippen molar-refractivity contribution in [2.24, 2.45) is 5.84 Å². The van der Waals surface area contributed by atoms with Crippen molar-refractivity contribution in [1.82, 2.24) is 20.2 Å². The van der Waals surface area contributed by atoms with Crippen molar-refractivity contribution in [1.29, 1.82) is 0 Å². The molecule has 0 saturated heterocycles. The molecular weight excluding hydrogens is 262 g/mol. The molecule has 0 spiro atoms. The lowest BCUT2D eigenvalue weighted by atomic mass is 10.4. The van der Waals surface area contributed by atoms with Crippen LogP contribution >= 0.6 is 22.9 Å². The molecule has 0 saturated carbocycles. The maximum Gasteiger partial charge on any atom is 0.294 e. The van der Waals surface area contributed by atoms with Gasteiger partial charge in [-0.3, -0.25) is 14.9 Å². The first-order chi connectivity index (χ1) is 8.11. The molecule has 2 aromatic heterocycles. The maximum atomic E-state index is 11.2. The summed E-state index contributed by atoms with van der Waals surface area (Å²) in [5, 5.41) is 6.84. The first-order valence-corrected chi connectivity index (χ1v) is 6.01. The van der Waals surface area contributed by atoms with E-state index in [1.807, 2.05) is 12.3 Å². The van der Waals surface area contributed by atoms with Gasteiger partial charge in [0.2, 0.25) is 0 Å². The summed E-state index contributed by atoms with van der Waals surface area (Å²) < 4.78 is 1.72. The van der Waals surface area contributed by atoms with Gasteiger partial charge in [-0.05, 0) is 6.92 Å². The number of nitrogens with zero attached hydrogens (tertiary/aromatic N) is 3. The van der Waals surface area contributed by atoms with Crippen LogP contribution in [-0.4, -0.2) is 20.7 Å². The second-order valence-electron chi connectivity index (χ2n) is 3.35. The highest BCUT2D eigenvalue weighted by molar-refractivity contribution is 7.11. The van der Waals surface area contributed by atoms with Crippen LogP contribution in [-0.2, 0) is 6.54 Å². The molecular formula is C9H10ClN5OS. The Kier molecular flexibility index (Phi) is 3.41. The molecule has 0 aliphatic rings. The fourth-order valence-corrected chi connectivity index (χ4v) is 2.13. The third kappa shape index (κ3) is 2.46. The maximum absolute atomic E-state index is 11.2. The quantitative estimate of drug-likeness (QED) is 0.494. The number of halogens is 1. The van der Waals surface area contributed by atoms with Gasteiger partial charge < -0.3 is 0 Å². The van der Waals surface area contributed by atoms with Crippen molar-refractivity contribution in [3.8, 4) is 0 Å². The minimum atomic E-state index is -0.392. The molecule has 6 nitrogen and oxygen atoms in total. The number of nitrogen functional groups attached to an aromatic ring is 1. The number of hydrogen-bond acceptors (Lipinski definition) is 5. The van der Waals surface area contributed by atoms with Gasteiger partial charge >= 0.3 is 0 Å². The molecule has 3 N–H and O–H groups in total. The summed E-state index contributed by atoms with van der Waals surface area (Å²) in [7, 11) is 0. The molecule has 2 heterocycles. The smallest absolute Gasteiger partial charge is 0.288 e. The van der Waals surface area contributed by atoms with Crippen LogP contribution in [0.3, 0.4) is 0 Å². The molecule has 0 unspecified atom stereocenters. The average Bonchev–Trinajstić information content (AvgIpc) is 2.91. The average molecular weight is 272 g/mol. The highest BCUT2D eigenvalue weighted by Crippen LogP contribution is 2.16. The molecule has 8 heteroatoms. The van der Waals surface area contributed by atoms with Crippen molar-refractivity contribution in [2.75, 3.05) is 0 Å². The van der Waals surface area contributed by atoms with E-state index >= 15 is 0 Å². The molecule has 1 amide bonds. The van der Waals surface area contributed by atoms with Gasteiger partial charge in [-0.2, -0.15) is 5.10 Å². The molecule has 2 aromatic rings. The van der Waals surface area contributed by atoms with Gasteiger partial charge in [-0.1, -0.05) is 11.6 Å². The fourth-order valence-electron chi connectivity index (χ4n) is 1.28. The molecule has 2 rings (SSSR count). The number of nitrogens with two attached hydrogens (primary N) is 1. The van der Waals surface area contributed by atoms with Crippen molar-refractivity contribution in [2.45, 2.75) is 13.5 Å². The first kappa shape index (κ1) is 12.0. The van der Waals surface area contributed by atoms with Crippen LogP contribution in [0.5, 0.6) is 0 Å². The second-order valence-corrected chi connectivity index (χ2v) is 4.62. The molecule has 0 atom stereocenters. The van der Waals surface area contributed by atoms with Crippen LogP contribution in [0.2, 0.25) is 5.02 Å². The number of carbonyl (C=O) groups is 1. The number of aromatic nitrogens is 3. The number of nitrogens with one attached hydrogen (secondary N) is 1. The van der Waals surface area contributed by atoms with Crippen LogP contribution < -0.4 is 11.3 Å². The zero-order valence-electron chi connectivity index (χ0n) is 8.98. The minimum Gasteiger partial charge on any atom is -0.288 e. The van der Waals surface area contributed by atoms with Crippen molar-refractivity contribution in [3.05, 3.63) is 33.0 Å². The summed E-state index contributed by atoms with van der Waals surface area (Å²) in [4.78, 5) is 15.4.